The second-order valence-corrected chi connectivity index (χ2v) is 9.43. The van der Waals surface area contributed by atoms with Crippen LogP contribution in [0.25, 0.3) is 21.8 Å². The molecule has 0 radical (unpaired) electrons. The number of nitrogens with two attached hydrogens (primary N) is 1. The highest BCUT2D eigenvalue weighted by Crippen LogP contribution is 2.38. The molecule has 1 aliphatic rings. The van der Waals surface area contributed by atoms with Crippen molar-refractivity contribution >= 4 is 34.7 Å². The van der Waals surface area contributed by atoms with Gasteiger partial charge in [-0.3, -0.25) is 0 Å². The maximum Gasteiger partial charge on any atom is 0.223 e. The molecule has 3 aromatic rings. The van der Waals surface area contributed by atoms with Crippen molar-refractivity contribution in [2.45, 2.75) is 31.7 Å². The van der Waals surface area contributed by atoms with E-state index >= 15 is 0 Å². The molecule has 3 heterocycles. The molecule has 0 amide bonds. The predicted molar refractivity (Wildman–Crippen MR) is 125 cm³/mol. The topological polar surface area (TPSA) is 76.7 Å². The number of nitrogens with zero attached hydrogens (tertiary/aromatic N) is 3. The van der Waals surface area contributed by atoms with E-state index in [1.165, 1.54) is 11.3 Å². The molecular weight excluding hydrogens is 417 g/mol. The van der Waals surface area contributed by atoms with Gasteiger partial charge in [0.1, 0.15) is 0 Å². The highest BCUT2D eigenvalue weighted by atomic mass is 32.2. The van der Waals surface area contributed by atoms with Crippen molar-refractivity contribution in [2.24, 2.45) is 0 Å². The summed E-state index contributed by atoms with van der Waals surface area (Å²) in [4.78, 5) is 14.7. The predicted octanol–water partition coefficient (Wildman–Crippen LogP) is 5.41. The van der Waals surface area contributed by atoms with Crippen LogP contribution in [0.4, 0.5) is 16.0 Å². The third-order valence-corrected chi connectivity index (χ3v) is 7.15. The first-order chi connectivity index (χ1) is 14.7. The quantitative estimate of drug-likeness (QED) is 0.377. The van der Waals surface area contributed by atoms with E-state index in [4.69, 9.17) is 15.7 Å². The summed E-state index contributed by atoms with van der Waals surface area (Å²) >= 11 is 3.51. The number of anilines is 2. The van der Waals surface area contributed by atoms with Gasteiger partial charge in [0, 0.05) is 24.2 Å². The first-order valence-electron chi connectivity index (χ1n) is 9.98. The van der Waals surface area contributed by atoms with Crippen molar-refractivity contribution in [3.63, 3.8) is 0 Å². The lowest BCUT2D eigenvalue weighted by Gasteiger charge is -2.22. The number of nitrogen functional groups attached to an aromatic ring is 1. The van der Waals surface area contributed by atoms with Gasteiger partial charge < -0.3 is 11.1 Å². The number of thiazole rings is 1. The van der Waals surface area contributed by atoms with E-state index in [1.54, 1.807) is 24.4 Å². The van der Waals surface area contributed by atoms with Crippen LogP contribution in [-0.2, 0) is 6.42 Å². The Morgan fingerprint density at radius 1 is 1.23 bits per heavy atom. The lowest BCUT2D eigenvalue weighted by Crippen LogP contribution is -2.25. The summed E-state index contributed by atoms with van der Waals surface area (Å²) in [5.41, 5.74) is 7.62. The molecule has 0 bridgehead atoms. The van der Waals surface area contributed by atoms with Gasteiger partial charge in [0.2, 0.25) is 5.95 Å². The second kappa shape index (κ2) is 9.57. The fourth-order valence-electron chi connectivity index (χ4n) is 3.36. The van der Waals surface area contributed by atoms with Gasteiger partial charge in [0.05, 0.1) is 27.0 Å². The molecule has 0 spiro atoms. The zero-order valence-corrected chi connectivity index (χ0v) is 18.2. The fourth-order valence-corrected chi connectivity index (χ4v) is 5.53. The minimum atomic E-state index is -0.452. The summed E-state index contributed by atoms with van der Waals surface area (Å²) in [5, 5.41) is 4.37. The largest absolute Gasteiger partial charge is 0.396 e. The number of thioether (sulfide) groups is 1. The van der Waals surface area contributed by atoms with E-state index in [9.17, 15) is 4.39 Å². The van der Waals surface area contributed by atoms with Crippen LogP contribution in [0.15, 0.2) is 43.1 Å². The lowest BCUT2D eigenvalue weighted by molar-refractivity contribution is 0.635. The van der Waals surface area contributed by atoms with Crippen molar-refractivity contribution < 1.29 is 4.39 Å². The number of nitrogens with one attached hydrogen (secondary N) is 1. The number of aromatic nitrogens is 3. The standard InChI is InChI=1S/C22H24FN5S2/c1-2-3-7-18-28-20(15-5-4-6-16(24)19(15)23)21(30-18)17-8-11-25-22(27-17)26-14-9-12-29-13-10-14/h2,4-6,8,11,14H,1,3,7,9-10,12-13,24H2,(H,25,26,27). The summed E-state index contributed by atoms with van der Waals surface area (Å²) in [5.74, 6) is 2.45. The van der Waals surface area contributed by atoms with Crippen LogP contribution in [0, 0.1) is 5.82 Å². The molecule has 1 aromatic carbocycles. The fraction of sp³-hybridized carbons (Fsp3) is 0.318. The summed E-state index contributed by atoms with van der Waals surface area (Å²) in [7, 11) is 0. The molecule has 1 saturated heterocycles. The number of hydrogen-bond donors (Lipinski definition) is 2. The van der Waals surface area contributed by atoms with Gasteiger partial charge in [-0.15, -0.1) is 17.9 Å². The molecule has 156 valence electrons. The molecule has 0 aliphatic carbocycles. The summed E-state index contributed by atoms with van der Waals surface area (Å²) < 4.78 is 14.8. The third kappa shape index (κ3) is 4.65. The summed E-state index contributed by atoms with van der Waals surface area (Å²) in [6.07, 6.45) is 7.36. The molecular formula is C22H24FN5S2. The van der Waals surface area contributed by atoms with E-state index in [0.717, 1.165) is 52.8 Å². The normalized spacial score (nSPS) is 14.6. The van der Waals surface area contributed by atoms with E-state index in [1.807, 2.05) is 23.9 Å². The Labute approximate surface area is 184 Å². The molecule has 0 unspecified atom stereocenters. The molecule has 2 aromatic heterocycles. The van der Waals surface area contributed by atoms with Crippen LogP contribution in [-0.4, -0.2) is 32.5 Å². The van der Waals surface area contributed by atoms with E-state index in [-0.39, 0.29) is 5.69 Å². The molecule has 0 atom stereocenters. The average molecular weight is 442 g/mol. The molecule has 1 aliphatic heterocycles. The van der Waals surface area contributed by atoms with Crippen LogP contribution in [0.5, 0.6) is 0 Å². The molecule has 1 fully saturated rings. The zero-order valence-electron chi connectivity index (χ0n) is 16.6. The van der Waals surface area contributed by atoms with Gasteiger partial charge in [-0.05, 0) is 49.0 Å². The highest BCUT2D eigenvalue weighted by Gasteiger charge is 2.21. The molecule has 3 N–H and O–H groups in total. The van der Waals surface area contributed by atoms with Gasteiger partial charge in [-0.2, -0.15) is 11.8 Å². The summed E-state index contributed by atoms with van der Waals surface area (Å²) in [6.45, 7) is 3.78. The molecule has 5 nitrogen and oxygen atoms in total. The Morgan fingerprint density at radius 2 is 2.07 bits per heavy atom. The minimum Gasteiger partial charge on any atom is -0.396 e. The van der Waals surface area contributed by atoms with E-state index in [2.05, 4.69) is 16.9 Å². The van der Waals surface area contributed by atoms with Gasteiger partial charge in [-0.1, -0.05) is 12.1 Å². The molecule has 4 rings (SSSR count). The van der Waals surface area contributed by atoms with Gasteiger partial charge in [0.15, 0.2) is 5.82 Å². The SMILES string of the molecule is C=CCCc1nc(-c2cccc(N)c2F)c(-c2ccnc(NC3CCSCC3)n2)s1. The first kappa shape index (κ1) is 20.8. The Morgan fingerprint density at radius 3 is 2.87 bits per heavy atom. The number of allylic oxidation sites excluding steroid dienone is 1. The van der Waals surface area contributed by atoms with E-state index in [0.29, 0.717) is 23.2 Å². The van der Waals surface area contributed by atoms with Crippen LogP contribution in [0.1, 0.15) is 24.3 Å². The van der Waals surface area contributed by atoms with Crippen LogP contribution in [0.2, 0.25) is 0 Å². The second-order valence-electron chi connectivity index (χ2n) is 7.12. The maximum atomic E-state index is 14.8. The minimum absolute atomic E-state index is 0.110. The van der Waals surface area contributed by atoms with Gasteiger partial charge >= 0.3 is 0 Å². The third-order valence-electron chi connectivity index (χ3n) is 4.96. The number of aryl methyl sites for hydroxylation is 1. The summed E-state index contributed by atoms with van der Waals surface area (Å²) in [6, 6.07) is 7.24. The van der Waals surface area contributed by atoms with Crippen molar-refractivity contribution in [2.75, 3.05) is 22.6 Å². The highest BCUT2D eigenvalue weighted by molar-refractivity contribution is 7.99. The Bertz CT molecular complexity index is 1030. The molecule has 30 heavy (non-hydrogen) atoms. The zero-order chi connectivity index (χ0) is 20.9. The molecule has 8 heteroatoms. The lowest BCUT2D eigenvalue weighted by atomic mass is 10.1. The van der Waals surface area contributed by atoms with Gasteiger partial charge in [-0.25, -0.2) is 19.3 Å². The monoisotopic (exact) mass is 441 g/mol. The Hall–Kier alpha value is -2.45. The van der Waals surface area contributed by atoms with Crippen molar-refractivity contribution in [3.8, 4) is 21.8 Å². The maximum absolute atomic E-state index is 14.8. The van der Waals surface area contributed by atoms with Crippen molar-refractivity contribution in [1.82, 2.24) is 15.0 Å². The van der Waals surface area contributed by atoms with Crippen molar-refractivity contribution in [3.05, 3.63) is 53.9 Å². The number of benzene rings is 1. The first-order valence-corrected chi connectivity index (χ1v) is 12.0. The van der Waals surface area contributed by atoms with Crippen LogP contribution in [0.3, 0.4) is 0 Å². The Balaban J connectivity index is 1.72. The number of hydrogen-bond acceptors (Lipinski definition) is 7. The van der Waals surface area contributed by atoms with Crippen LogP contribution < -0.4 is 11.1 Å². The van der Waals surface area contributed by atoms with Crippen LogP contribution >= 0.6 is 23.1 Å². The van der Waals surface area contributed by atoms with E-state index < -0.39 is 5.82 Å². The van der Waals surface area contributed by atoms with Gasteiger partial charge in [0.25, 0.3) is 0 Å². The molecule has 0 saturated carbocycles. The smallest absolute Gasteiger partial charge is 0.223 e. The average Bonchev–Trinajstić information content (AvgIpc) is 3.19. The number of rotatable bonds is 7. The number of halogens is 1. The van der Waals surface area contributed by atoms with Crippen molar-refractivity contribution in [1.29, 1.82) is 0 Å². The Kier molecular flexibility index (Phi) is 6.64.